The van der Waals surface area contributed by atoms with Crippen molar-refractivity contribution < 1.29 is 13.2 Å². The number of amidine groups is 1. The van der Waals surface area contributed by atoms with Gasteiger partial charge in [-0.1, -0.05) is 0 Å². The highest BCUT2D eigenvalue weighted by atomic mass is 35.5. The van der Waals surface area contributed by atoms with Gasteiger partial charge in [0.25, 0.3) is 0 Å². The fourth-order valence-corrected chi connectivity index (χ4v) is 2.38. The fraction of sp³-hybridized carbons (Fsp3) is 0.636. The zero-order chi connectivity index (χ0) is 14.5. The van der Waals surface area contributed by atoms with Crippen molar-refractivity contribution in [2.45, 2.75) is 31.2 Å². The van der Waals surface area contributed by atoms with E-state index in [2.05, 4.69) is 15.3 Å². The molecule has 3 rings (SSSR count). The Hall–Kier alpha value is -1.44. The summed E-state index contributed by atoms with van der Waals surface area (Å²) in [6.07, 6.45) is -1.71. The Kier molecular flexibility index (Phi) is 3.07. The molecule has 5 nitrogen and oxygen atoms in total. The molecular weight excluding hydrogens is 295 g/mol. The molecule has 1 N–H and O–H groups in total. The molecule has 1 fully saturated rings. The maximum Gasteiger partial charge on any atom is 0.406 e. The second-order valence-electron chi connectivity index (χ2n) is 5.05. The lowest BCUT2D eigenvalue weighted by molar-refractivity contribution is -0.141. The lowest BCUT2D eigenvalue weighted by atomic mass is 10.2. The number of nitrogens with one attached hydrogen (secondary N) is 1. The molecule has 20 heavy (non-hydrogen) atoms. The lowest BCUT2D eigenvalue weighted by Gasteiger charge is -2.36. The van der Waals surface area contributed by atoms with Gasteiger partial charge in [-0.25, -0.2) is 9.98 Å². The van der Waals surface area contributed by atoms with Gasteiger partial charge in [-0.2, -0.15) is 13.2 Å². The van der Waals surface area contributed by atoms with Crippen molar-refractivity contribution >= 4 is 23.2 Å². The van der Waals surface area contributed by atoms with Gasteiger partial charge in [-0.05, 0) is 24.4 Å². The second-order valence-corrected chi connectivity index (χ2v) is 5.39. The van der Waals surface area contributed by atoms with E-state index in [-0.39, 0.29) is 5.29 Å². The molecule has 0 spiro atoms. The van der Waals surface area contributed by atoms with Gasteiger partial charge >= 0.3 is 6.18 Å². The van der Waals surface area contributed by atoms with Crippen LogP contribution in [0.1, 0.15) is 12.8 Å². The number of aliphatic imine (C=N–C) groups is 2. The first-order valence-corrected chi connectivity index (χ1v) is 6.57. The van der Waals surface area contributed by atoms with E-state index >= 15 is 0 Å². The minimum absolute atomic E-state index is 0.152. The van der Waals surface area contributed by atoms with Crippen molar-refractivity contribution in [1.29, 1.82) is 0 Å². The van der Waals surface area contributed by atoms with Crippen LogP contribution in [-0.4, -0.2) is 53.4 Å². The normalized spacial score (nSPS) is 26.1. The monoisotopic (exact) mass is 307 g/mol. The van der Waals surface area contributed by atoms with Crippen LogP contribution < -0.4 is 5.32 Å². The molecule has 3 aliphatic rings. The van der Waals surface area contributed by atoms with Crippen molar-refractivity contribution in [3.05, 3.63) is 11.5 Å². The SMILES string of the molecule is CN1C(Cl)=NC(NC2CC2)=C2N=CN(CC(F)(F)F)C21. The molecule has 2 aliphatic heterocycles. The minimum Gasteiger partial charge on any atom is -0.366 e. The first-order chi connectivity index (χ1) is 9.35. The smallest absolute Gasteiger partial charge is 0.366 e. The summed E-state index contributed by atoms with van der Waals surface area (Å²) in [5.41, 5.74) is 0.480. The van der Waals surface area contributed by atoms with Gasteiger partial charge in [-0.15, -0.1) is 0 Å². The zero-order valence-corrected chi connectivity index (χ0v) is 11.4. The summed E-state index contributed by atoms with van der Waals surface area (Å²) >= 11 is 6.01. The number of hydrogen-bond donors (Lipinski definition) is 1. The summed E-state index contributed by atoms with van der Waals surface area (Å²) in [5.74, 6) is 0.474. The second kappa shape index (κ2) is 4.54. The highest BCUT2D eigenvalue weighted by Crippen LogP contribution is 2.32. The van der Waals surface area contributed by atoms with Crippen molar-refractivity contribution in [3.8, 4) is 0 Å². The van der Waals surface area contributed by atoms with E-state index in [4.69, 9.17) is 11.6 Å². The van der Waals surface area contributed by atoms with Gasteiger partial charge in [0.1, 0.15) is 12.2 Å². The molecule has 0 bridgehead atoms. The Balaban J connectivity index is 1.87. The van der Waals surface area contributed by atoms with E-state index in [9.17, 15) is 13.2 Å². The molecule has 2 heterocycles. The van der Waals surface area contributed by atoms with E-state index in [0.717, 1.165) is 17.7 Å². The molecule has 0 aromatic rings. The molecule has 1 unspecified atom stereocenters. The summed E-state index contributed by atoms with van der Waals surface area (Å²) in [7, 11) is 1.60. The van der Waals surface area contributed by atoms with Gasteiger partial charge in [0.05, 0.1) is 6.34 Å². The van der Waals surface area contributed by atoms with E-state index < -0.39 is 18.9 Å². The largest absolute Gasteiger partial charge is 0.406 e. The van der Waals surface area contributed by atoms with Crippen molar-refractivity contribution in [2.24, 2.45) is 9.98 Å². The predicted octanol–water partition coefficient (Wildman–Crippen LogP) is 1.68. The summed E-state index contributed by atoms with van der Waals surface area (Å²) in [6, 6.07) is 0.321. The highest BCUT2D eigenvalue weighted by molar-refractivity contribution is 6.64. The molecule has 0 aromatic carbocycles. The number of alkyl halides is 3. The summed E-state index contributed by atoms with van der Waals surface area (Å²) in [6.45, 7) is -1.07. The van der Waals surface area contributed by atoms with E-state index in [0.29, 0.717) is 17.6 Å². The third-order valence-electron chi connectivity index (χ3n) is 3.29. The molecular formula is C11H13ClF3N5. The van der Waals surface area contributed by atoms with Crippen LogP contribution in [0, 0.1) is 0 Å². The Morgan fingerprint density at radius 1 is 1.45 bits per heavy atom. The Labute approximate surface area is 118 Å². The number of hydrogen-bond acceptors (Lipinski definition) is 5. The highest BCUT2D eigenvalue weighted by Gasteiger charge is 2.42. The van der Waals surface area contributed by atoms with Crippen LogP contribution in [0.3, 0.4) is 0 Å². The third kappa shape index (κ3) is 2.56. The molecule has 9 heteroatoms. The zero-order valence-electron chi connectivity index (χ0n) is 10.7. The minimum atomic E-state index is -4.30. The fourth-order valence-electron chi connectivity index (χ4n) is 2.20. The van der Waals surface area contributed by atoms with Crippen LogP contribution in [0.15, 0.2) is 21.5 Å². The number of likely N-dealkylation sites (N-methyl/N-ethyl adjacent to an activating group) is 1. The molecule has 1 aliphatic carbocycles. The van der Waals surface area contributed by atoms with E-state index in [1.807, 2.05) is 0 Å². The number of nitrogens with zero attached hydrogens (tertiary/aromatic N) is 4. The lowest BCUT2D eigenvalue weighted by Crippen LogP contribution is -2.50. The van der Waals surface area contributed by atoms with Crippen molar-refractivity contribution in [1.82, 2.24) is 15.1 Å². The van der Waals surface area contributed by atoms with Gasteiger partial charge in [0, 0.05) is 13.1 Å². The number of rotatable bonds is 3. The number of halogens is 4. The molecule has 0 amide bonds. The predicted molar refractivity (Wildman–Crippen MR) is 69.3 cm³/mol. The average Bonchev–Trinajstić information content (AvgIpc) is 3.04. The van der Waals surface area contributed by atoms with Crippen LogP contribution in [0.25, 0.3) is 0 Å². The first-order valence-electron chi connectivity index (χ1n) is 6.19. The Morgan fingerprint density at radius 3 is 2.75 bits per heavy atom. The Bertz CT molecular complexity index is 509. The van der Waals surface area contributed by atoms with E-state index in [1.54, 1.807) is 7.05 Å². The molecule has 0 radical (unpaired) electrons. The summed E-state index contributed by atoms with van der Waals surface area (Å²) in [5, 5.41) is 3.31. The van der Waals surface area contributed by atoms with Gasteiger partial charge in [0.2, 0.25) is 5.29 Å². The van der Waals surface area contributed by atoms with Crippen LogP contribution in [0.5, 0.6) is 0 Å². The Morgan fingerprint density at radius 2 is 2.15 bits per heavy atom. The average molecular weight is 308 g/mol. The molecule has 0 aromatic heterocycles. The number of fused-ring (bicyclic) bond motifs is 1. The van der Waals surface area contributed by atoms with Gasteiger partial charge in [-0.3, -0.25) is 0 Å². The topological polar surface area (TPSA) is 43.2 Å². The summed E-state index contributed by atoms with van der Waals surface area (Å²) < 4.78 is 37.8. The molecule has 110 valence electrons. The van der Waals surface area contributed by atoms with Crippen molar-refractivity contribution in [3.63, 3.8) is 0 Å². The third-order valence-corrected chi connectivity index (χ3v) is 3.64. The van der Waals surface area contributed by atoms with Crippen LogP contribution in [0.4, 0.5) is 13.2 Å². The van der Waals surface area contributed by atoms with Crippen LogP contribution >= 0.6 is 11.6 Å². The van der Waals surface area contributed by atoms with E-state index in [1.165, 1.54) is 11.2 Å². The quantitative estimate of drug-likeness (QED) is 0.807. The van der Waals surface area contributed by atoms with Crippen LogP contribution in [-0.2, 0) is 0 Å². The maximum atomic E-state index is 12.6. The summed E-state index contributed by atoms with van der Waals surface area (Å²) in [4.78, 5) is 10.8. The van der Waals surface area contributed by atoms with Crippen LogP contribution in [0.2, 0.25) is 0 Å². The molecule has 1 saturated carbocycles. The first kappa shape index (κ1) is 13.5. The standard InChI is InChI=1S/C11H13ClF3N5/c1-19-9-7(16-5-20(9)4-11(13,14)15)8(18-10(19)12)17-6-2-3-6/h5-6,9,17H,2-4H2,1H3. The van der Waals surface area contributed by atoms with Crippen molar-refractivity contribution in [2.75, 3.05) is 13.6 Å². The van der Waals surface area contributed by atoms with Gasteiger partial charge in [0.15, 0.2) is 12.0 Å². The molecule has 0 saturated heterocycles. The maximum absolute atomic E-state index is 12.6. The van der Waals surface area contributed by atoms with Gasteiger partial charge < -0.3 is 15.1 Å². The molecule has 1 atom stereocenters.